The SMILES string of the molecule is O=C(NCCCN1CCOC(c2ccccc2)C1)C(=O)Nc1cccc([N+](=O)[O-])c1. The number of carbonyl (C=O) groups is 2. The average Bonchev–Trinajstić information content (AvgIpc) is 2.77. The second-order valence-electron chi connectivity index (χ2n) is 6.94. The first-order valence-corrected chi connectivity index (χ1v) is 9.75. The number of anilines is 1. The second-order valence-corrected chi connectivity index (χ2v) is 6.94. The molecule has 2 aromatic carbocycles. The highest BCUT2D eigenvalue weighted by Crippen LogP contribution is 2.21. The van der Waals surface area contributed by atoms with Gasteiger partial charge >= 0.3 is 11.8 Å². The molecule has 1 saturated heterocycles. The third kappa shape index (κ3) is 6.10. The molecule has 0 bridgehead atoms. The number of nitro groups is 1. The number of rotatable bonds is 7. The van der Waals surface area contributed by atoms with Gasteiger partial charge in [0.05, 0.1) is 17.6 Å². The lowest BCUT2D eigenvalue weighted by atomic mass is 10.1. The highest BCUT2D eigenvalue weighted by atomic mass is 16.6. The Balaban J connectivity index is 1.38. The lowest BCUT2D eigenvalue weighted by molar-refractivity contribution is -0.384. The zero-order valence-electron chi connectivity index (χ0n) is 16.5. The number of benzene rings is 2. The highest BCUT2D eigenvalue weighted by molar-refractivity contribution is 6.39. The summed E-state index contributed by atoms with van der Waals surface area (Å²) in [5, 5.41) is 15.7. The van der Waals surface area contributed by atoms with Gasteiger partial charge in [-0.05, 0) is 18.1 Å². The van der Waals surface area contributed by atoms with Crippen LogP contribution in [0.1, 0.15) is 18.1 Å². The third-order valence-electron chi connectivity index (χ3n) is 4.78. The lowest BCUT2D eigenvalue weighted by Gasteiger charge is -2.33. The number of ether oxygens (including phenoxy) is 1. The summed E-state index contributed by atoms with van der Waals surface area (Å²) >= 11 is 0. The molecule has 1 fully saturated rings. The Morgan fingerprint density at radius 3 is 2.70 bits per heavy atom. The minimum Gasteiger partial charge on any atom is -0.371 e. The van der Waals surface area contributed by atoms with Gasteiger partial charge in [-0.15, -0.1) is 0 Å². The van der Waals surface area contributed by atoms with E-state index >= 15 is 0 Å². The minimum atomic E-state index is -0.856. The van der Waals surface area contributed by atoms with Crippen LogP contribution in [0.2, 0.25) is 0 Å². The van der Waals surface area contributed by atoms with Crippen molar-refractivity contribution in [3.8, 4) is 0 Å². The molecule has 9 heteroatoms. The van der Waals surface area contributed by atoms with Crippen molar-refractivity contribution in [1.29, 1.82) is 0 Å². The predicted octanol–water partition coefficient (Wildman–Crippen LogP) is 2.11. The maximum Gasteiger partial charge on any atom is 0.313 e. The van der Waals surface area contributed by atoms with Crippen LogP contribution in [0.4, 0.5) is 11.4 Å². The Morgan fingerprint density at radius 2 is 1.93 bits per heavy atom. The molecule has 0 aliphatic carbocycles. The van der Waals surface area contributed by atoms with Gasteiger partial charge in [0.15, 0.2) is 0 Å². The third-order valence-corrected chi connectivity index (χ3v) is 4.78. The first kappa shape index (κ1) is 21.4. The Kier molecular flexibility index (Phi) is 7.47. The van der Waals surface area contributed by atoms with E-state index in [0.717, 1.165) is 25.2 Å². The highest BCUT2D eigenvalue weighted by Gasteiger charge is 2.21. The summed E-state index contributed by atoms with van der Waals surface area (Å²) in [6.45, 7) is 3.39. The van der Waals surface area contributed by atoms with E-state index in [1.165, 1.54) is 24.3 Å². The molecule has 0 aromatic heterocycles. The van der Waals surface area contributed by atoms with Crippen molar-refractivity contribution in [1.82, 2.24) is 10.2 Å². The molecular formula is C21H24N4O5. The van der Waals surface area contributed by atoms with Crippen molar-refractivity contribution in [3.05, 3.63) is 70.3 Å². The standard InChI is InChI=1S/C21H24N4O5/c26-20(21(27)23-17-8-4-9-18(14-17)25(28)29)22-10-5-11-24-12-13-30-19(15-24)16-6-2-1-3-7-16/h1-4,6-9,14,19H,5,10-13,15H2,(H,22,26)(H,23,27). The normalized spacial score (nSPS) is 16.6. The van der Waals surface area contributed by atoms with Crippen LogP contribution in [0.15, 0.2) is 54.6 Å². The van der Waals surface area contributed by atoms with Crippen LogP contribution >= 0.6 is 0 Å². The zero-order chi connectivity index (χ0) is 21.3. The molecule has 1 aliphatic rings. The molecule has 2 amide bonds. The van der Waals surface area contributed by atoms with Crippen molar-refractivity contribution in [2.75, 3.05) is 38.1 Å². The van der Waals surface area contributed by atoms with Gasteiger partial charge < -0.3 is 15.4 Å². The lowest BCUT2D eigenvalue weighted by Crippen LogP contribution is -2.41. The van der Waals surface area contributed by atoms with Crippen LogP contribution in [0, 0.1) is 10.1 Å². The number of hydrogen-bond donors (Lipinski definition) is 2. The number of morpholine rings is 1. The molecule has 1 aliphatic heterocycles. The maximum absolute atomic E-state index is 12.0. The van der Waals surface area contributed by atoms with E-state index in [0.29, 0.717) is 19.6 Å². The number of hydrogen-bond acceptors (Lipinski definition) is 6. The zero-order valence-corrected chi connectivity index (χ0v) is 16.5. The fourth-order valence-electron chi connectivity index (χ4n) is 3.24. The van der Waals surface area contributed by atoms with Crippen molar-refractivity contribution >= 4 is 23.2 Å². The first-order chi connectivity index (χ1) is 14.5. The molecule has 9 nitrogen and oxygen atoms in total. The Labute approximate surface area is 174 Å². The Hall–Kier alpha value is -3.30. The van der Waals surface area contributed by atoms with Crippen LogP contribution in [0.25, 0.3) is 0 Å². The fourth-order valence-corrected chi connectivity index (χ4v) is 3.24. The van der Waals surface area contributed by atoms with Crippen LogP contribution in [0.5, 0.6) is 0 Å². The van der Waals surface area contributed by atoms with E-state index in [4.69, 9.17) is 4.74 Å². The molecule has 1 atom stereocenters. The van der Waals surface area contributed by atoms with Crippen molar-refractivity contribution in [3.63, 3.8) is 0 Å². The van der Waals surface area contributed by atoms with E-state index < -0.39 is 16.7 Å². The molecule has 0 spiro atoms. The smallest absolute Gasteiger partial charge is 0.313 e. The molecule has 30 heavy (non-hydrogen) atoms. The van der Waals surface area contributed by atoms with Gasteiger partial charge in [-0.2, -0.15) is 0 Å². The number of nitrogens with one attached hydrogen (secondary N) is 2. The number of nitrogens with zero attached hydrogens (tertiary/aromatic N) is 2. The predicted molar refractivity (Wildman–Crippen MR) is 111 cm³/mol. The van der Waals surface area contributed by atoms with E-state index in [-0.39, 0.29) is 17.5 Å². The topological polar surface area (TPSA) is 114 Å². The molecular weight excluding hydrogens is 388 g/mol. The molecule has 3 rings (SSSR count). The molecule has 158 valence electrons. The molecule has 0 radical (unpaired) electrons. The first-order valence-electron chi connectivity index (χ1n) is 9.75. The number of nitro benzene ring substituents is 1. The van der Waals surface area contributed by atoms with Crippen molar-refractivity contribution in [2.45, 2.75) is 12.5 Å². The maximum atomic E-state index is 12.0. The van der Waals surface area contributed by atoms with E-state index in [1.807, 2.05) is 30.3 Å². The molecule has 1 heterocycles. The van der Waals surface area contributed by atoms with Gasteiger partial charge in [-0.1, -0.05) is 36.4 Å². The van der Waals surface area contributed by atoms with Crippen molar-refractivity contribution < 1.29 is 19.2 Å². The summed E-state index contributed by atoms with van der Waals surface area (Å²) in [7, 11) is 0. The van der Waals surface area contributed by atoms with Crippen LogP contribution in [-0.2, 0) is 14.3 Å². The summed E-state index contributed by atoms with van der Waals surface area (Å²) in [5.74, 6) is -1.63. The van der Waals surface area contributed by atoms with E-state index in [9.17, 15) is 19.7 Å². The second kappa shape index (κ2) is 10.5. The fraction of sp³-hybridized carbons (Fsp3) is 0.333. The number of amides is 2. The largest absolute Gasteiger partial charge is 0.371 e. The molecule has 2 N–H and O–H groups in total. The summed E-state index contributed by atoms with van der Waals surface area (Å²) < 4.78 is 5.84. The van der Waals surface area contributed by atoms with Gasteiger partial charge in [-0.3, -0.25) is 24.6 Å². The minimum absolute atomic E-state index is 0.0373. The summed E-state index contributed by atoms with van der Waals surface area (Å²) in [6, 6.07) is 15.5. The van der Waals surface area contributed by atoms with Gasteiger partial charge in [0, 0.05) is 44.0 Å². The van der Waals surface area contributed by atoms with Gasteiger partial charge in [-0.25, -0.2) is 0 Å². The average molecular weight is 412 g/mol. The summed E-state index contributed by atoms with van der Waals surface area (Å²) in [6.07, 6.45) is 0.729. The van der Waals surface area contributed by atoms with E-state index in [2.05, 4.69) is 15.5 Å². The van der Waals surface area contributed by atoms with Gasteiger partial charge in [0.25, 0.3) is 5.69 Å². The molecule has 1 unspecified atom stereocenters. The van der Waals surface area contributed by atoms with Gasteiger partial charge in [0.2, 0.25) is 0 Å². The Morgan fingerprint density at radius 1 is 1.13 bits per heavy atom. The van der Waals surface area contributed by atoms with Crippen LogP contribution < -0.4 is 10.6 Å². The number of non-ortho nitro benzene ring substituents is 1. The van der Waals surface area contributed by atoms with Crippen LogP contribution in [-0.4, -0.2) is 54.4 Å². The summed E-state index contributed by atoms with van der Waals surface area (Å²) in [4.78, 5) is 36.4. The Bertz CT molecular complexity index is 890. The van der Waals surface area contributed by atoms with E-state index in [1.54, 1.807) is 0 Å². The van der Waals surface area contributed by atoms with Crippen LogP contribution in [0.3, 0.4) is 0 Å². The monoisotopic (exact) mass is 412 g/mol. The number of carbonyl (C=O) groups excluding carboxylic acids is 2. The quantitative estimate of drug-likeness (QED) is 0.312. The molecule has 0 saturated carbocycles. The summed E-state index contributed by atoms with van der Waals surface area (Å²) in [5.41, 5.74) is 1.19. The van der Waals surface area contributed by atoms with Crippen molar-refractivity contribution in [2.24, 2.45) is 0 Å². The van der Waals surface area contributed by atoms with Gasteiger partial charge in [0.1, 0.15) is 0 Å². The molecule has 2 aromatic rings.